The van der Waals surface area contributed by atoms with Crippen LogP contribution in [0.3, 0.4) is 0 Å². The number of methoxy groups -OCH3 is 1. The van der Waals surface area contributed by atoms with Crippen molar-refractivity contribution in [1.29, 1.82) is 0 Å². The first-order chi connectivity index (χ1) is 11.2. The summed E-state index contributed by atoms with van der Waals surface area (Å²) in [7, 11) is 1.44. The second-order valence-electron chi connectivity index (χ2n) is 5.17. The Morgan fingerprint density at radius 2 is 2.00 bits per heavy atom. The van der Waals surface area contributed by atoms with Crippen LogP contribution in [0.25, 0.3) is 0 Å². The largest absolute Gasteiger partial charge is 0.506 e. The third-order valence-corrected chi connectivity index (χ3v) is 4.02. The first-order valence-electron chi connectivity index (χ1n) is 7.01. The van der Waals surface area contributed by atoms with Crippen molar-refractivity contribution in [3.8, 4) is 11.5 Å². The Labute approximate surface area is 145 Å². The summed E-state index contributed by atoms with van der Waals surface area (Å²) in [4.78, 5) is 4.06. The minimum atomic E-state index is -4.51. The Morgan fingerprint density at radius 1 is 1.29 bits per heavy atom. The van der Waals surface area contributed by atoms with E-state index in [1.807, 2.05) is 0 Å². The summed E-state index contributed by atoms with van der Waals surface area (Å²) in [6, 6.07) is 5.25. The highest BCUT2D eigenvalue weighted by atomic mass is 79.9. The zero-order chi connectivity index (χ0) is 17.9. The molecule has 0 radical (unpaired) electrons. The second kappa shape index (κ2) is 7.40. The summed E-state index contributed by atoms with van der Waals surface area (Å²) in [5.74, 6) is 0.294. The predicted octanol–water partition coefficient (Wildman–Crippen LogP) is 4.26. The van der Waals surface area contributed by atoms with Gasteiger partial charge in [-0.3, -0.25) is 10.3 Å². The van der Waals surface area contributed by atoms with Crippen molar-refractivity contribution in [3.63, 3.8) is 0 Å². The van der Waals surface area contributed by atoms with Crippen LogP contribution in [0.4, 0.5) is 13.2 Å². The minimum absolute atomic E-state index is 0.0299. The number of ether oxygens (including phenoxy) is 1. The van der Waals surface area contributed by atoms with Gasteiger partial charge in [0.2, 0.25) is 0 Å². The molecule has 1 heterocycles. The first-order valence-corrected chi connectivity index (χ1v) is 7.80. The van der Waals surface area contributed by atoms with Crippen molar-refractivity contribution < 1.29 is 23.0 Å². The van der Waals surface area contributed by atoms with Crippen molar-refractivity contribution in [1.82, 2.24) is 10.3 Å². The van der Waals surface area contributed by atoms with Gasteiger partial charge in [-0.15, -0.1) is 0 Å². The van der Waals surface area contributed by atoms with Gasteiger partial charge in [0, 0.05) is 12.2 Å². The lowest BCUT2D eigenvalue weighted by atomic mass is 10.1. The molecule has 8 heteroatoms. The molecule has 130 valence electrons. The van der Waals surface area contributed by atoms with Crippen molar-refractivity contribution in [2.45, 2.75) is 25.7 Å². The van der Waals surface area contributed by atoms with Crippen LogP contribution in [0.5, 0.6) is 11.5 Å². The average molecular weight is 405 g/mol. The number of nitrogens with zero attached hydrogens (tertiary/aromatic N) is 1. The molecule has 0 fully saturated rings. The zero-order valence-electron chi connectivity index (χ0n) is 13.0. The lowest BCUT2D eigenvalue weighted by molar-refractivity contribution is -0.158. The number of alkyl halides is 3. The fourth-order valence-corrected chi connectivity index (χ4v) is 2.78. The summed E-state index contributed by atoms with van der Waals surface area (Å²) in [6.07, 6.45) is -4.51. The Balaban J connectivity index is 2.26. The second-order valence-corrected chi connectivity index (χ2v) is 6.02. The molecule has 1 aromatic heterocycles. The molecule has 1 aromatic carbocycles. The molecule has 0 spiro atoms. The van der Waals surface area contributed by atoms with Crippen LogP contribution in [-0.2, 0) is 6.54 Å². The Morgan fingerprint density at radius 3 is 2.58 bits per heavy atom. The third-order valence-electron chi connectivity index (χ3n) is 3.40. The van der Waals surface area contributed by atoms with E-state index < -0.39 is 12.2 Å². The van der Waals surface area contributed by atoms with E-state index in [1.165, 1.54) is 31.4 Å². The molecule has 0 saturated carbocycles. The van der Waals surface area contributed by atoms with Crippen LogP contribution in [0.15, 0.2) is 34.8 Å². The number of aryl methyl sites for hydroxylation is 1. The van der Waals surface area contributed by atoms with Gasteiger partial charge >= 0.3 is 6.18 Å². The fraction of sp³-hybridized carbons (Fsp3) is 0.312. The van der Waals surface area contributed by atoms with Crippen molar-refractivity contribution in [3.05, 3.63) is 51.8 Å². The third kappa shape index (κ3) is 4.39. The van der Waals surface area contributed by atoms with Gasteiger partial charge in [-0.05, 0) is 52.7 Å². The van der Waals surface area contributed by atoms with Crippen LogP contribution in [0.2, 0.25) is 0 Å². The Bertz CT molecular complexity index is 723. The van der Waals surface area contributed by atoms with Gasteiger partial charge in [0.25, 0.3) is 0 Å². The standard InChI is InChI=1S/C16H16BrF3N2O2/c1-9-3-5-13(23)12(22-9)8-21-15(16(18,19)20)10-4-6-14(24-2)11(17)7-10/h3-7,15,21,23H,8H2,1-2H3/t15-/m1/s1. The van der Waals surface area contributed by atoms with Crippen molar-refractivity contribution >= 4 is 15.9 Å². The molecule has 0 aliphatic heterocycles. The molecule has 2 rings (SSSR count). The smallest absolute Gasteiger partial charge is 0.407 e. The number of pyridine rings is 1. The Kier molecular flexibility index (Phi) is 5.71. The summed E-state index contributed by atoms with van der Waals surface area (Å²) < 4.78 is 45.7. The number of benzene rings is 1. The molecule has 0 amide bonds. The number of aromatic hydroxyl groups is 1. The van der Waals surface area contributed by atoms with E-state index in [-0.39, 0.29) is 23.6 Å². The lowest BCUT2D eigenvalue weighted by Crippen LogP contribution is -2.34. The highest BCUT2D eigenvalue weighted by Crippen LogP contribution is 2.36. The van der Waals surface area contributed by atoms with Crippen molar-refractivity contribution in [2.75, 3.05) is 7.11 Å². The SMILES string of the molecule is COc1ccc([C@@H](NCc2nc(C)ccc2O)C(F)(F)F)cc1Br. The van der Waals surface area contributed by atoms with Gasteiger partial charge in [0.05, 0.1) is 17.3 Å². The van der Waals surface area contributed by atoms with E-state index in [2.05, 4.69) is 26.2 Å². The van der Waals surface area contributed by atoms with Gasteiger partial charge in [-0.25, -0.2) is 0 Å². The van der Waals surface area contributed by atoms with Crippen LogP contribution >= 0.6 is 15.9 Å². The molecule has 0 bridgehead atoms. The highest BCUT2D eigenvalue weighted by molar-refractivity contribution is 9.10. The fourth-order valence-electron chi connectivity index (χ4n) is 2.22. The van der Waals surface area contributed by atoms with Crippen LogP contribution in [-0.4, -0.2) is 23.4 Å². The lowest BCUT2D eigenvalue weighted by Gasteiger charge is -2.23. The van der Waals surface area contributed by atoms with Gasteiger partial charge in [-0.1, -0.05) is 6.07 Å². The molecular weight excluding hydrogens is 389 g/mol. The summed E-state index contributed by atoms with van der Waals surface area (Å²) >= 11 is 3.19. The first kappa shape index (κ1) is 18.5. The van der Waals surface area contributed by atoms with E-state index >= 15 is 0 Å². The maximum atomic E-state index is 13.4. The monoisotopic (exact) mass is 404 g/mol. The number of hydrogen-bond donors (Lipinski definition) is 2. The van der Waals surface area contributed by atoms with E-state index in [4.69, 9.17) is 4.74 Å². The topological polar surface area (TPSA) is 54.4 Å². The molecule has 0 saturated heterocycles. The predicted molar refractivity (Wildman–Crippen MR) is 87.0 cm³/mol. The van der Waals surface area contributed by atoms with Crippen molar-refractivity contribution in [2.24, 2.45) is 0 Å². The zero-order valence-corrected chi connectivity index (χ0v) is 14.6. The number of aromatic nitrogens is 1. The summed E-state index contributed by atoms with van der Waals surface area (Å²) in [5, 5.41) is 12.1. The number of nitrogens with one attached hydrogen (secondary N) is 1. The van der Waals surface area contributed by atoms with E-state index in [0.29, 0.717) is 15.9 Å². The van der Waals surface area contributed by atoms with Crippen LogP contribution < -0.4 is 10.1 Å². The number of hydrogen-bond acceptors (Lipinski definition) is 4. The molecule has 0 aliphatic rings. The average Bonchev–Trinajstić information content (AvgIpc) is 2.49. The number of halogens is 4. The molecule has 0 aliphatic carbocycles. The van der Waals surface area contributed by atoms with Gasteiger partial charge < -0.3 is 9.84 Å². The summed E-state index contributed by atoms with van der Waals surface area (Å²) in [6.45, 7) is 1.48. The quantitative estimate of drug-likeness (QED) is 0.781. The molecule has 1 atom stereocenters. The van der Waals surface area contributed by atoms with E-state index in [9.17, 15) is 18.3 Å². The van der Waals surface area contributed by atoms with Gasteiger partial charge in [0.1, 0.15) is 17.5 Å². The number of rotatable bonds is 5. The molecule has 2 aromatic rings. The maximum absolute atomic E-state index is 13.4. The van der Waals surface area contributed by atoms with Gasteiger partial charge in [-0.2, -0.15) is 13.2 Å². The van der Waals surface area contributed by atoms with E-state index in [1.54, 1.807) is 13.0 Å². The Hall–Kier alpha value is -1.80. The molecule has 4 nitrogen and oxygen atoms in total. The van der Waals surface area contributed by atoms with Crippen LogP contribution in [0, 0.1) is 6.92 Å². The summed E-state index contributed by atoms with van der Waals surface area (Å²) in [5.41, 5.74) is 0.805. The highest BCUT2D eigenvalue weighted by Gasteiger charge is 2.40. The molecule has 2 N–H and O–H groups in total. The van der Waals surface area contributed by atoms with Crippen LogP contribution in [0.1, 0.15) is 23.0 Å². The van der Waals surface area contributed by atoms with E-state index in [0.717, 1.165) is 0 Å². The maximum Gasteiger partial charge on any atom is 0.407 e. The molecule has 0 unspecified atom stereocenters. The normalized spacial score (nSPS) is 12.9. The molecular formula is C16H16BrF3N2O2. The minimum Gasteiger partial charge on any atom is -0.506 e. The van der Waals surface area contributed by atoms with Gasteiger partial charge in [0.15, 0.2) is 0 Å². The molecule has 24 heavy (non-hydrogen) atoms.